The van der Waals surface area contributed by atoms with Crippen LogP contribution in [0.5, 0.6) is 0 Å². The van der Waals surface area contributed by atoms with E-state index in [1.807, 2.05) is 6.92 Å². The lowest BCUT2D eigenvalue weighted by atomic mass is 9.98. The van der Waals surface area contributed by atoms with Gasteiger partial charge in [-0.3, -0.25) is 5.01 Å². The summed E-state index contributed by atoms with van der Waals surface area (Å²) in [6.45, 7) is 3.31. The lowest BCUT2D eigenvalue weighted by molar-refractivity contribution is -0.115. The van der Waals surface area contributed by atoms with Gasteiger partial charge in [-0.25, -0.2) is 8.78 Å². The summed E-state index contributed by atoms with van der Waals surface area (Å²) in [4.78, 5) is 0. The van der Waals surface area contributed by atoms with E-state index in [9.17, 15) is 13.9 Å². The molecular weight excluding hydrogens is 202 g/mol. The van der Waals surface area contributed by atoms with Crippen molar-refractivity contribution in [3.8, 4) is 0 Å². The van der Waals surface area contributed by atoms with Gasteiger partial charge in [0.2, 0.25) is 0 Å². The number of hydrogen-bond acceptors (Lipinski definition) is 3. The van der Waals surface area contributed by atoms with E-state index in [-0.39, 0.29) is 6.42 Å². The molecule has 0 aromatic rings. The van der Waals surface area contributed by atoms with E-state index in [1.165, 1.54) is 19.0 Å². The molecule has 2 atom stereocenters. The monoisotopic (exact) mass is 222 g/mol. The van der Waals surface area contributed by atoms with Crippen molar-refractivity contribution in [2.75, 3.05) is 13.7 Å². The Kier molecular flexibility index (Phi) is 5.14. The molecule has 0 rings (SSSR count). The summed E-state index contributed by atoms with van der Waals surface area (Å²) >= 11 is 0. The zero-order valence-electron chi connectivity index (χ0n) is 9.80. The van der Waals surface area contributed by atoms with Crippen LogP contribution in [0, 0.1) is 0 Å². The first kappa shape index (κ1) is 14.3. The molecule has 0 spiro atoms. The minimum Gasteiger partial charge on any atom is -0.370 e. The highest BCUT2D eigenvalue weighted by Gasteiger charge is 2.36. The van der Waals surface area contributed by atoms with E-state index >= 15 is 0 Å². The van der Waals surface area contributed by atoms with Crippen molar-refractivity contribution in [2.45, 2.75) is 45.0 Å². The van der Waals surface area contributed by atoms with E-state index in [1.54, 1.807) is 6.21 Å². The molecule has 0 fully saturated rings. The molecule has 0 aliphatic carbocycles. The summed E-state index contributed by atoms with van der Waals surface area (Å²) in [5, 5.41) is 15.0. The molecule has 90 valence electrons. The number of aliphatic hydroxyl groups is 1. The molecule has 5 heteroatoms. The van der Waals surface area contributed by atoms with Crippen LogP contribution in [-0.4, -0.2) is 41.4 Å². The van der Waals surface area contributed by atoms with Gasteiger partial charge in [-0.1, -0.05) is 6.92 Å². The van der Waals surface area contributed by atoms with Crippen molar-refractivity contribution >= 4 is 6.21 Å². The highest BCUT2D eigenvalue weighted by Crippen LogP contribution is 2.26. The largest absolute Gasteiger partial charge is 0.370 e. The van der Waals surface area contributed by atoms with Crippen LogP contribution < -0.4 is 0 Å². The van der Waals surface area contributed by atoms with Gasteiger partial charge in [-0.05, 0) is 20.3 Å². The first-order valence-electron chi connectivity index (χ1n) is 4.98. The van der Waals surface area contributed by atoms with Crippen molar-refractivity contribution < 1.29 is 13.9 Å². The maximum atomic E-state index is 13.4. The molecule has 0 radical (unpaired) electrons. The number of hydrogen-bond donors (Lipinski definition) is 1. The van der Waals surface area contributed by atoms with Gasteiger partial charge in [0.15, 0.2) is 5.72 Å². The Labute approximate surface area is 89.8 Å². The zero-order chi connectivity index (χ0) is 12.1. The van der Waals surface area contributed by atoms with Gasteiger partial charge in [-0.15, -0.1) is 0 Å². The highest BCUT2D eigenvalue weighted by molar-refractivity contribution is 5.56. The fourth-order valence-corrected chi connectivity index (χ4v) is 1.19. The Hall–Kier alpha value is -0.710. The van der Waals surface area contributed by atoms with Crippen molar-refractivity contribution in [3.63, 3.8) is 0 Å². The molecule has 0 amide bonds. The summed E-state index contributed by atoms with van der Waals surface area (Å²) in [7, 11) is 1.53. The standard InChI is InChI=1S/C10H20F2N2O/c1-5-6-13-14(4)10(3,15)7-9(2,12)8-11/h6,15H,5,7-8H2,1-4H3/b13-6-. The van der Waals surface area contributed by atoms with Gasteiger partial charge in [0.05, 0.1) is 0 Å². The van der Waals surface area contributed by atoms with E-state index < -0.39 is 18.1 Å². The van der Waals surface area contributed by atoms with Crippen LogP contribution in [0.1, 0.15) is 33.6 Å². The van der Waals surface area contributed by atoms with Crippen LogP contribution in [0.25, 0.3) is 0 Å². The average molecular weight is 222 g/mol. The van der Waals surface area contributed by atoms with Crippen molar-refractivity contribution in [2.24, 2.45) is 5.10 Å². The van der Waals surface area contributed by atoms with Crippen molar-refractivity contribution in [1.82, 2.24) is 5.01 Å². The van der Waals surface area contributed by atoms with Crippen LogP contribution >= 0.6 is 0 Å². The first-order chi connectivity index (χ1) is 6.75. The van der Waals surface area contributed by atoms with Crippen LogP contribution in [0.4, 0.5) is 8.78 Å². The van der Waals surface area contributed by atoms with Gasteiger partial charge in [0, 0.05) is 19.7 Å². The summed E-state index contributed by atoms with van der Waals surface area (Å²) in [5.41, 5.74) is -3.51. The number of nitrogens with zero attached hydrogens (tertiary/aromatic N) is 2. The van der Waals surface area contributed by atoms with E-state index in [0.717, 1.165) is 13.3 Å². The predicted octanol–water partition coefficient (Wildman–Crippen LogP) is 2.11. The summed E-state index contributed by atoms with van der Waals surface area (Å²) in [6.07, 6.45) is 1.99. The Bertz CT molecular complexity index is 217. The lowest BCUT2D eigenvalue weighted by Gasteiger charge is -2.35. The molecule has 0 aliphatic heterocycles. The second-order valence-electron chi connectivity index (χ2n) is 4.17. The normalized spacial score (nSPS) is 19.9. The smallest absolute Gasteiger partial charge is 0.153 e. The first-order valence-corrected chi connectivity index (χ1v) is 4.98. The number of hydrazone groups is 1. The topological polar surface area (TPSA) is 35.8 Å². The maximum Gasteiger partial charge on any atom is 0.153 e. The third kappa shape index (κ3) is 5.06. The summed E-state index contributed by atoms with van der Waals surface area (Å²) < 4.78 is 25.7. The van der Waals surface area contributed by atoms with E-state index in [2.05, 4.69) is 5.10 Å². The Morgan fingerprint density at radius 3 is 2.40 bits per heavy atom. The molecule has 0 saturated carbocycles. The van der Waals surface area contributed by atoms with Crippen molar-refractivity contribution in [3.05, 3.63) is 0 Å². The van der Waals surface area contributed by atoms with Crippen LogP contribution in [0.15, 0.2) is 5.10 Å². The second kappa shape index (κ2) is 5.39. The molecule has 2 unspecified atom stereocenters. The number of halogens is 2. The molecular formula is C10H20F2N2O. The fraction of sp³-hybridized carbons (Fsp3) is 0.900. The molecule has 15 heavy (non-hydrogen) atoms. The van der Waals surface area contributed by atoms with Gasteiger partial charge < -0.3 is 5.11 Å². The molecule has 3 nitrogen and oxygen atoms in total. The van der Waals surface area contributed by atoms with Crippen molar-refractivity contribution in [1.29, 1.82) is 0 Å². The second-order valence-corrected chi connectivity index (χ2v) is 4.17. The zero-order valence-corrected chi connectivity index (χ0v) is 9.80. The number of rotatable bonds is 6. The molecule has 0 heterocycles. The summed E-state index contributed by atoms with van der Waals surface area (Å²) in [6, 6.07) is 0. The number of alkyl halides is 2. The third-order valence-corrected chi connectivity index (χ3v) is 2.12. The minimum absolute atomic E-state index is 0.325. The van der Waals surface area contributed by atoms with Gasteiger partial charge in [-0.2, -0.15) is 5.10 Å². The maximum absolute atomic E-state index is 13.4. The van der Waals surface area contributed by atoms with E-state index in [0.29, 0.717) is 0 Å². The Balaban J connectivity index is 4.46. The SMILES string of the molecule is CC/C=N\N(C)C(C)(O)CC(C)(F)CF. The molecule has 0 aliphatic rings. The van der Waals surface area contributed by atoms with Gasteiger partial charge in [0.25, 0.3) is 0 Å². The quantitative estimate of drug-likeness (QED) is 0.424. The van der Waals surface area contributed by atoms with Gasteiger partial charge >= 0.3 is 0 Å². The summed E-state index contributed by atoms with van der Waals surface area (Å²) in [5.74, 6) is 0. The average Bonchev–Trinajstić information content (AvgIpc) is 2.12. The van der Waals surface area contributed by atoms with Crippen LogP contribution in [0.2, 0.25) is 0 Å². The van der Waals surface area contributed by atoms with Gasteiger partial charge in [0.1, 0.15) is 12.3 Å². The molecule has 0 aromatic heterocycles. The molecule has 0 aromatic carbocycles. The van der Waals surface area contributed by atoms with Crippen LogP contribution in [0.3, 0.4) is 0 Å². The molecule has 1 N–H and O–H groups in total. The third-order valence-electron chi connectivity index (χ3n) is 2.12. The highest BCUT2D eigenvalue weighted by atomic mass is 19.2. The molecule has 0 bridgehead atoms. The van der Waals surface area contributed by atoms with Crippen LogP contribution in [-0.2, 0) is 0 Å². The van der Waals surface area contributed by atoms with E-state index in [4.69, 9.17) is 0 Å². The predicted molar refractivity (Wildman–Crippen MR) is 57.3 cm³/mol. The lowest BCUT2D eigenvalue weighted by Crippen LogP contribution is -2.46. The Morgan fingerprint density at radius 1 is 1.47 bits per heavy atom. The molecule has 0 saturated heterocycles. The minimum atomic E-state index is -2.03. The Morgan fingerprint density at radius 2 is 2.00 bits per heavy atom. The fourth-order valence-electron chi connectivity index (χ4n) is 1.19.